The minimum absolute atomic E-state index is 0.00481. The Bertz CT molecular complexity index is 1770. The van der Waals surface area contributed by atoms with E-state index >= 15 is 0 Å². The van der Waals surface area contributed by atoms with Crippen LogP contribution in [0.15, 0.2) is 71.9 Å². The Hall–Kier alpha value is -4.23. The number of hydrogen-bond acceptors (Lipinski definition) is 5. The molecule has 0 fully saturated rings. The summed E-state index contributed by atoms with van der Waals surface area (Å²) < 4.78 is 63.2. The van der Waals surface area contributed by atoms with Crippen LogP contribution in [0.3, 0.4) is 0 Å². The Morgan fingerprint density at radius 1 is 1.11 bits per heavy atom. The van der Waals surface area contributed by atoms with Crippen LogP contribution in [0.2, 0.25) is 0 Å². The number of nitrogens with zero attached hydrogens (tertiary/aromatic N) is 4. The summed E-state index contributed by atoms with van der Waals surface area (Å²) in [6.07, 6.45) is 0.116. The van der Waals surface area contributed by atoms with E-state index in [1.807, 2.05) is 6.92 Å². The summed E-state index contributed by atoms with van der Waals surface area (Å²) >= 11 is 0. The average Bonchev–Trinajstić information content (AvgIpc) is 3.48. The lowest BCUT2D eigenvalue weighted by Gasteiger charge is -2.16. The van der Waals surface area contributed by atoms with Crippen molar-refractivity contribution in [2.45, 2.75) is 24.8 Å². The summed E-state index contributed by atoms with van der Waals surface area (Å²) in [6.45, 7) is 1.96. The Balaban J connectivity index is 1.71. The number of nitriles is 1. The predicted molar refractivity (Wildman–Crippen MR) is 131 cm³/mol. The molecule has 2 heterocycles. The van der Waals surface area contributed by atoms with Crippen LogP contribution in [-0.2, 0) is 16.6 Å². The van der Waals surface area contributed by atoms with Gasteiger partial charge in [0.05, 0.1) is 41.2 Å². The average molecular weight is 507 g/mol. The lowest BCUT2D eigenvalue weighted by atomic mass is 10.0. The fourth-order valence-corrected chi connectivity index (χ4v) is 5.66. The van der Waals surface area contributed by atoms with Crippen molar-refractivity contribution in [3.63, 3.8) is 0 Å². The van der Waals surface area contributed by atoms with Crippen molar-refractivity contribution in [3.8, 4) is 11.8 Å². The van der Waals surface area contributed by atoms with Gasteiger partial charge < -0.3 is 4.74 Å². The highest BCUT2D eigenvalue weighted by atomic mass is 32.2. The molecule has 0 N–H and O–H groups in total. The first-order chi connectivity index (χ1) is 17.2. The minimum Gasteiger partial charge on any atom is -0.496 e. The van der Waals surface area contributed by atoms with E-state index in [-0.39, 0.29) is 22.7 Å². The van der Waals surface area contributed by atoms with Crippen LogP contribution in [0, 0.1) is 18.3 Å². The molecule has 0 radical (unpaired) electrons. The number of ether oxygens (including phenoxy) is 1. The van der Waals surface area contributed by atoms with E-state index < -0.39 is 22.0 Å². The first-order valence-corrected chi connectivity index (χ1v) is 12.4. The molecule has 0 spiro atoms. The fraction of sp³-hybridized carbons (Fsp3) is 0.154. The number of halogens is 2. The maximum atomic E-state index is 14.2. The third kappa shape index (κ3) is 3.87. The Kier molecular flexibility index (Phi) is 5.73. The zero-order chi connectivity index (χ0) is 25.6. The van der Waals surface area contributed by atoms with E-state index in [0.29, 0.717) is 22.0 Å². The molecule has 0 bridgehead atoms. The van der Waals surface area contributed by atoms with Crippen molar-refractivity contribution < 1.29 is 21.9 Å². The van der Waals surface area contributed by atoms with Gasteiger partial charge in [-0.1, -0.05) is 17.7 Å². The van der Waals surface area contributed by atoms with Gasteiger partial charge in [-0.3, -0.25) is 4.68 Å². The molecule has 36 heavy (non-hydrogen) atoms. The molecule has 5 rings (SSSR count). The molecule has 0 saturated carbocycles. The van der Waals surface area contributed by atoms with Gasteiger partial charge in [-0.2, -0.15) is 10.4 Å². The molecule has 0 saturated heterocycles. The topological polar surface area (TPSA) is 89.9 Å². The standard InChI is InChI=1S/C26H20F2N4O3S/c1-16-3-7-19(8-4-16)36(33,34)32-10-9-20-22(24(35-2)12-21(25(20)32)26(27)28)15-31-14-18-6-5-17(13-29)11-23(18)30-31/h3-12,14,26H,15H2,1-2H3. The maximum Gasteiger partial charge on any atom is 0.268 e. The smallest absolute Gasteiger partial charge is 0.268 e. The van der Waals surface area contributed by atoms with Crippen LogP contribution in [0.25, 0.3) is 21.8 Å². The molecule has 10 heteroatoms. The van der Waals surface area contributed by atoms with Crippen LogP contribution in [0.1, 0.15) is 28.7 Å². The van der Waals surface area contributed by atoms with Gasteiger partial charge in [0.1, 0.15) is 5.75 Å². The van der Waals surface area contributed by atoms with Gasteiger partial charge in [-0.15, -0.1) is 0 Å². The number of aromatic nitrogens is 3. The Morgan fingerprint density at radius 3 is 2.53 bits per heavy atom. The molecule has 0 amide bonds. The number of aryl methyl sites for hydroxylation is 1. The first kappa shape index (κ1) is 23.5. The zero-order valence-electron chi connectivity index (χ0n) is 19.3. The van der Waals surface area contributed by atoms with Gasteiger partial charge in [0, 0.05) is 34.3 Å². The molecular formula is C26H20F2N4O3S. The molecule has 0 aliphatic heterocycles. The predicted octanol–water partition coefficient (Wildman–Crippen LogP) is 5.40. The summed E-state index contributed by atoms with van der Waals surface area (Å²) in [5.74, 6) is 0.195. The second kappa shape index (κ2) is 8.77. The molecule has 7 nitrogen and oxygen atoms in total. The highest BCUT2D eigenvalue weighted by Crippen LogP contribution is 2.38. The SMILES string of the molecule is COc1cc(C(F)F)c2c(ccn2S(=O)(=O)c2ccc(C)cc2)c1Cn1cc2ccc(C#N)cc2n1. The highest BCUT2D eigenvalue weighted by Gasteiger charge is 2.27. The van der Waals surface area contributed by atoms with Crippen LogP contribution in [-0.4, -0.2) is 29.3 Å². The van der Waals surface area contributed by atoms with Gasteiger partial charge in [-0.05, 0) is 49.4 Å². The monoisotopic (exact) mass is 506 g/mol. The van der Waals surface area contributed by atoms with E-state index in [2.05, 4.69) is 11.2 Å². The number of methoxy groups -OCH3 is 1. The van der Waals surface area contributed by atoms with Gasteiger partial charge in [-0.25, -0.2) is 21.2 Å². The fourth-order valence-electron chi connectivity index (χ4n) is 4.29. The first-order valence-electron chi connectivity index (χ1n) is 10.9. The van der Waals surface area contributed by atoms with Gasteiger partial charge in [0.25, 0.3) is 16.4 Å². The number of hydrogen-bond donors (Lipinski definition) is 0. The minimum atomic E-state index is -4.14. The van der Waals surface area contributed by atoms with Crippen LogP contribution < -0.4 is 4.74 Å². The molecule has 3 aromatic carbocycles. The lowest BCUT2D eigenvalue weighted by Crippen LogP contribution is -2.13. The third-order valence-electron chi connectivity index (χ3n) is 6.07. The van der Waals surface area contributed by atoms with Crippen LogP contribution >= 0.6 is 0 Å². The van der Waals surface area contributed by atoms with Crippen molar-refractivity contribution in [1.29, 1.82) is 5.26 Å². The van der Waals surface area contributed by atoms with Crippen molar-refractivity contribution in [2.24, 2.45) is 0 Å². The van der Waals surface area contributed by atoms with Gasteiger partial charge in [0.2, 0.25) is 0 Å². The molecule has 0 unspecified atom stereocenters. The quantitative estimate of drug-likeness (QED) is 0.308. The molecule has 5 aromatic rings. The molecule has 2 aromatic heterocycles. The van der Waals surface area contributed by atoms with Crippen molar-refractivity contribution >= 4 is 31.8 Å². The van der Waals surface area contributed by atoms with E-state index in [0.717, 1.165) is 14.9 Å². The summed E-state index contributed by atoms with van der Waals surface area (Å²) in [5, 5.41) is 14.8. The lowest BCUT2D eigenvalue weighted by molar-refractivity contribution is 0.152. The van der Waals surface area contributed by atoms with Crippen LogP contribution in [0.4, 0.5) is 8.78 Å². The summed E-state index contributed by atoms with van der Waals surface area (Å²) in [4.78, 5) is -0.00481. The van der Waals surface area contributed by atoms with E-state index in [9.17, 15) is 17.2 Å². The number of benzene rings is 3. The zero-order valence-corrected chi connectivity index (χ0v) is 20.1. The number of alkyl halides is 2. The maximum absolute atomic E-state index is 14.2. The van der Waals surface area contributed by atoms with E-state index in [1.165, 1.54) is 37.6 Å². The molecule has 182 valence electrons. The number of rotatable bonds is 6. The molecule has 0 atom stereocenters. The second-order valence-electron chi connectivity index (χ2n) is 8.35. The summed E-state index contributed by atoms with van der Waals surface area (Å²) in [6, 6.07) is 16.1. The van der Waals surface area contributed by atoms with Gasteiger partial charge in [0.15, 0.2) is 0 Å². The van der Waals surface area contributed by atoms with Gasteiger partial charge >= 0.3 is 0 Å². The molecule has 0 aliphatic rings. The summed E-state index contributed by atoms with van der Waals surface area (Å²) in [5.41, 5.74) is 1.89. The normalized spacial score (nSPS) is 11.9. The molecular weight excluding hydrogens is 486 g/mol. The second-order valence-corrected chi connectivity index (χ2v) is 10.2. The van der Waals surface area contributed by atoms with E-state index in [1.54, 1.807) is 41.2 Å². The third-order valence-corrected chi connectivity index (χ3v) is 7.76. The van der Waals surface area contributed by atoms with Crippen molar-refractivity contribution in [1.82, 2.24) is 13.8 Å². The molecule has 0 aliphatic carbocycles. The Labute approximate surface area is 205 Å². The summed E-state index contributed by atoms with van der Waals surface area (Å²) in [7, 11) is -2.77. The van der Waals surface area contributed by atoms with Crippen LogP contribution in [0.5, 0.6) is 5.75 Å². The Morgan fingerprint density at radius 2 is 1.86 bits per heavy atom. The van der Waals surface area contributed by atoms with E-state index in [4.69, 9.17) is 10.00 Å². The van der Waals surface area contributed by atoms with Crippen molar-refractivity contribution in [3.05, 3.63) is 89.2 Å². The number of fused-ring (bicyclic) bond motifs is 2. The largest absolute Gasteiger partial charge is 0.496 e. The van der Waals surface area contributed by atoms with Crippen molar-refractivity contribution in [2.75, 3.05) is 7.11 Å². The highest BCUT2D eigenvalue weighted by molar-refractivity contribution is 7.90.